The fourth-order valence-electron chi connectivity index (χ4n) is 2.77. The summed E-state index contributed by atoms with van der Waals surface area (Å²) in [4.78, 5) is 4.39. The van der Waals surface area contributed by atoms with Crippen molar-refractivity contribution in [3.8, 4) is 23.1 Å². The first-order valence-electron chi connectivity index (χ1n) is 8.23. The van der Waals surface area contributed by atoms with Crippen LogP contribution < -0.4 is 9.47 Å². The van der Waals surface area contributed by atoms with Gasteiger partial charge in [-0.25, -0.2) is 0 Å². The van der Waals surface area contributed by atoms with Crippen LogP contribution in [0.2, 0.25) is 0 Å². The maximum Gasteiger partial charge on any atom is 0.264 e. The number of hydrogen-bond acceptors (Lipinski definition) is 6. The Balaban J connectivity index is 1.53. The number of benzene rings is 2. The van der Waals surface area contributed by atoms with E-state index >= 15 is 0 Å². The lowest BCUT2D eigenvalue weighted by atomic mass is 10.1. The van der Waals surface area contributed by atoms with Crippen LogP contribution in [0.15, 0.2) is 51.4 Å². The highest BCUT2D eigenvalue weighted by Crippen LogP contribution is 2.32. The summed E-state index contributed by atoms with van der Waals surface area (Å²) in [6.07, 6.45) is 0. The number of fused-ring (bicyclic) bond motifs is 1. The summed E-state index contributed by atoms with van der Waals surface area (Å²) in [7, 11) is 1.62. The van der Waals surface area contributed by atoms with Gasteiger partial charge >= 0.3 is 0 Å². The fourth-order valence-corrected chi connectivity index (χ4v) is 2.77. The topological polar surface area (TPSA) is 70.5 Å². The molecule has 0 fully saturated rings. The second-order valence-electron chi connectivity index (χ2n) is 6.03. The number of nitrogens with zero attached hydrogens (tertiary/aromatic N) is 2. The molecule has 0 aliphatic heterocycles. The smallest absolute Gasteiger partial charge is 0.264 e. The van der Waals surface area contributed by atoms with E-state index in [0.717, 1.165) is 22.3 Å². The van der Waals surface area contributed by atoms with Crippen molar-refractivity contribution in [2.75, 3.05) is 7.11 Å². The highest BCUT2D eigenvalue weighted by atomic mass is 16.5. The van der Waals surface area contributed by atoms with Crippen LogP contribution in [-0.4, -0.2) is 17.3 Å². The van der Waals surface area contributed by atoms with Crippen LogP contribution in [0.1, 0.15) is 17.0 Å². The van der Waals surface area contributed by atoms with Gasteiger partial charge in [0.15, 0.2) is 12.4 Å². The number of furan rings is 1. The minimum Gasteiger partial charge on any atom is -0.497 e. The summed E-state index contributed by atoms with van der Waals surface area (Å²) in [5.74, 6) is 2.88. The summed E-state index contributed by atoms with van der Waals surface area (Å²) in [5.41, 5.74) is 2.98. The maximum absolute atomic E-state index is 5.90. The first-order valence-corrected chi connectivity index (χ1v) is 8.23. The Morgan fingerprint density at radius 2 is 1.77 bits per heavy atom. The number of aromatic nitrogens is 2. The Morgan fingerprint density at radius 3 is 2.54 bits per heavy atom. The molecule has 6 nitrogen and oxygen atoms in total. The minimum atomic E-state index is 0.178. The SMILES string of the molecule is COc1ccc(OCc2nc(-c3oc4ccc(C)cc4c3C)no2)cc1. The zero-order valence-corrected chi connectivity index (χ0v) is 14.8. The number of methoxy groups -OCH3 is 1. The van der Waals surface area contributed by atoms with Gasteiger partial charge in [-0.3, -0.25) is 0 Å². The second kappa shape index (κ2) is 6.55. The lowest BCUT2D eigenvalue weighted by molar-refractivity contribution is 0.242. The monoisotopic (exact) mass is 350 g/mol. The molecule has 6 heteroatoms. The van der Waals surface area contributed by atoms with E-state index in [1.807, 2.05) is 43.3 Å². The van der Waals surface area contributed by atoms with Crippen molar-refractivity contribution in [1.82, 2.24) is 10.1 Å². The van der Waals surface area contributed by atoms with Gasteiger partial charge < -0.3 is 18.4 Å². The Labute approximate surface area is 150 Å². The molecule has 0 unspecified atom stereocenters. The van der Waals surface area contributed by atoms with Gasteiger partial charge in [-0.15, -0.1) is 0 Å². The van der Waals surface area contributed by atoms with Gasteiger partial charge in [-0.05, 0) is 50.2 Å². The van der Waals surface area contributed by atoms with E-state index in [1.165, 1.54) is 5.56 Å². The van der Waals surface area contributed by atoms with Crippen molar-refractivity contribution in [3.63, 3.8) is 0 Å². The van der Waals surface area contributed by atoms with Crippen LogP contribution in [0.4, 0.5) is 0 Å². The van der Waals surface area contributed by atoms with Gasteiger partial charge in [-0.2, -0.15) is 4.98 Å². The number of ether oxygens (including phenoxy) is 2. The van der Waals surface area contributed by atoms with Crippen molar-refractivity contribution < 1.29 is 18.4 Å². The minimum absolute atomic E-state index is 0.178. The number of rotatable bonds is 5. The average molecular weight is 350 g/mol. The molecule has 0 aliphatic carbocycles. The Hall–Kier alpha value is -3.28. The zero-order valence-electron chi connectivity index (χ0n) is 14.8. The van der Waals surface area contributed by atoms with E-state index in [-0.39, 0.29) is 6.61 Å². The van der Waals surface area contributed by atoms with Gasteiger partial charge in [0, 0.05) is 10.9 Å². The van der Waals surface area contributed by atoms with Crippen LogP contribution in [-0.2, 0) is 6.61 Å². The molecule has 0 bridgehead atoms. The van der Waals surface area contributed by atoms with Gasteiger partial charge in [0.2, 0.25) is 5.82 Å². The molecule has 132 valence electrons. The largest absolute Gasteiger partial charge is 0.497 e. The number of aryl methyl sites for hydroxylation is 2. The molecule has 0 N–H and O–H groups in total. The first kappa shape index (κ1) is 16.2. The van der Waals surface area contributed by atoms with Crippen molar-refractivity contribution >= 4 is 11.0 Å². The second-order valence-corrected chi connectivity index (χ2v) is 6.03. The summed E-state index contributed by atoms with van der Waals surface area (Å²) in [6.45, 7) is 4.22. The Kier molecular flexibility index (Phi) is 4.08. The van der Waals surface area contributed by atoms with Crippen LogP contribution in [0.5, 0.6) is 11.5 Å². The quantitative estimate of drug-likeness (QED) is 0.520. The van der Waals surface area contributed by atoms with Crippen LogP contribution in [0.25, 0.3) is 22.6 Å². The molecule has 2 aromatic heterocycles. The molecule has 4 aromatic rings. The van der Waals surface area contributed by atoms with Crippen molar-refractivity contribution in [2.24, 2.45) is 0 Å². The van der Waals surface area contributed by atoms with E-state index < -0.39 is 0 Å². The van der Waals surface area contributed by atoms with Gasteiger partial charge in [0.25, 0.3) is 5.89 Å². The molecule has 4 rings (SSSR count). The van der Waals surface area contributed by atoms with Gasteiger partial charge in [0.1, 0.15) is 17.1 Å². The maximum atomic E-state index is 5.90. The third-order valence-corrected chi connectivity index (χ3v) is 4.18. The van der Waals surface area contributed by atoms with E-state index in [0.29, 0.717) is 23.2 Å². The van der Waals surface area contributed by atoms with E-state index in [1.54, 1.807) is 7.11 Å². The average Bonchev–Trinajstić information content (AvgIpc) is 3.25. The Morgan fingerprint density at radius 1 is 1.00 bits per heavy atom. The summed E-state index contributed by atoms with van der Waals surface area (Å²) < 4.78 is 22.0. The van der Waals surface area contributed by atoms with Crippen molar-refractivity contribution in [3.05, 3.63) is 59.5 Å². The Bertz CT molecular complexity index is 1050. The third-order valence-electron chi connectivity index (χ3n) is 4.18. The molecule has 0 amide bonds. The molecule has 26 heavy (non-hydrogen) atoms. The number of hydrogen-bond donors (Lipinski definition) is 0. The van der Waals surface area contributed by atoms with E-state index in [2.05, 4.69) is 23.1 Å². The van der Waals surface area contributed by atoms with Crippen LogP contribution >= 0.6 is 0 Å². The molecule has 2 aromatic carbocycles. The van der Waals surface area contributed by atoms with E-state index in [4.69, 9.17) is 18.4 Å². The molecule has 2 heterocycles. The van der Waals surface area contributed by atoms with Gasteiger partial charge in [0.05, 0.1) is 7.11 Å². The normalized spacial score (nSPS) is 11.0. The zero-order chi connectivity index (χ0) is 18.1. The first-order chi connectivity index (χ1) is 12.6. The highest BCUT2D eigenvalue weighted by Gasteiger charge is 2.18. The van der Waals surface area contributed by atoms with Crippen molar-refractivity contribution in [2.45, 2.75) is 20.5 Å². The molecule has 0 aliphatic rings. The highest BCUT2D eigenvalue weighted by molar-refractivity contribution is 5.87. The summed E-state index contributed by atoms with van der Waals surface area (Å²) in [6, 6.07) is 13.4. The summed E-state index contributed by atoms with van der Waals surface area (Å²) >= 11 is 0. The standard InChI is InChI=1S/C20H18N2O4/c1-12-4-9-17-16(10-12)13(2)19(25-17)20-21-18(26-22-20)11-24-15-7-5-14(23-3)6-8-15/h4-10H,11H2,1-3H3. The predicted molar refractivity (Wildman–Crippen MR) is 96.3 cm³/mol. The molecule has 0 atom stereocenters. The molecular weight excluding hydrogens is 332 g/mol. The van der Waals surface area contributed by atoms with Crippen LogP contribution in [0, 0.1) is 13.8 Å². The van der Waals surface area contributed by atoms with Crippen LogP contribution in [0.3, 0.4) is 0 Å². The molecule has 0 saturated carbocycles. The fraction of sp³-hybridized carbons (Fsp3) is 0.200. The van der Waals surface area contributed by atoms with Crippen molar-refractivity contribution in [1.29, 1.82) is 0 Å². The lowest BCUT2D eigenvalue weighted by Crippen LogP contribution is -1.95. The predicted octanol–water partition coefficient (Wildman–Crippen LogP) is 4.69. The molecule has 0 radical (unpaired) electrons. The summed E-state index contributed by atoms with van der Waals surface area (Å²) in [5, 5.41) is 5.08. The molecule has 0 spiro atoms. The third kappa shape index (κ3) is 3.01. The lowest BCUT2D eigenvalue weighted by Gasteiger charge is -2.04. The molecular formula is C20H18N2O4. The van der Waals surface area contributed by atoms with E-state index in [9.17, 15) is 0 Å². The molecule has 0 saturated heterocycles. The van der Waals surface area contributed by atoms with Gasteiger partial charge in [-0.1, -0.05) is 16.8 Å².